The minimum absolute atomic E-state index is 0.00683. The molecule has 0 heterocycles. The number of sulfone groups is 2. The van der Waals surface area contributed by atoms with Crippen LogP contribution in [0.4, 0.5) is 0 Å². The third-order valence-electron chi connectivity index (χ3n) is 6.22. The van der Waals surface area contributed by atoms with Gasteiger partial charge in [-0.05, 0) is 104 Å². The molecular weight excluding hydrogens is 608 g/mol. The number of phenols is 1. The van der Waals surface area contributed by atoms with Crippen LogP contribution in [0.1, 0.15) is 6.92 Å². The van der Waals surface area contributed by atoms with Crippen molar-refractivity contribution in [3.05, 3.63) is 97.1 Å². The van der Waals surface area contributed by atoms with Gasteiger partial charge >= 0.3 is 0 Å². The van der Waals surface area contributed by atoms with Crippen molar-refractivity contribution in [1.82, 2.24) is 0 Å². The summed E-state index contributed by atoms with van der Waals surface area (Å²) in [4.78, 5) is 0.570. The van der Waals surface area contributed by atoms with Crippen molar-refractivity contribution in [3.8, 4) is 23.0 Å². The summed E-state index contributed by atoms with van der Waals surface area (Å²) in [6.07, 6.45) is 0. The van der Waals surface area contributed by atoms with Crippen LogP contribution >= 0.6 is 0 Å². The summed E-state index contributed by atoms with van der Waals surface area (Å²) in [5, 5.41) is 9.37. The summed E-state index contributed by atoms with van der Waals surface area (Å²) < 4.78 is 78.7. The number of ether oxygens (including phenoxy) is 5. The van der Waals surface area contributed by atoms with Gasteiger partial charge in [-0.25, -0.2) is 16.8 Å². The maximum atomic E-state index is 12.9. The Bertz CT molecular complexity index is 1670. The summed E-state index contributed by atoms with van der Waals surface area (Å²) in [5.41, 5.74) is 0. The van der Waals surface area contributed by atoms with Gasteiger partial charge in [-0.1, -0.05) is 0 Å². The molecule has 12 heteroatoms. The largest absolute Gasteiger partial charge is 0.508 e. The van der Waals surface area contributed by atoms with Crippen LogP contribution in [0.5, 0.6) is 23.0 Å². The van der Waals surface area contributed by atoms with Crippen molar-refractivity contribution < 1.29 is 45.6 Å². The number of hydrogen-bond donors (Lipinski definition) is 1. The molecule has 0 radical (unpaired) electrons. The van der Waals surface area contributed by atoms with Crippen LogP contribution in [-0.4, -0.2) is 68.2 Å². The highest BCUT2D eigenvalue weighted by molar-refractivity contribution is 7.91. The Morgan fingerprint density at radius 1 is 0.455 bits per heavy atom. The first-order valence-electron chi connectivity index (χ1n) is 13.8. The molecule has 0 atom stereocenters. The third-order valence-corrected chi connectivity index (χ3v) is 9.80. The second kappa shape index (κ2) is 15.6. The van der Waals surface area contributed by atoms with Crippen molar-refractivity contribution in [2.45, 2.75) is 26.5 Å². The normalized spacial score (nSPS) is 11.7. The summed E-state index contributed by atoms with van der Waals surface area (Å²) in [7, 11) is -7.34. The Morgan fingerprint density at radius 3 is 1.09 bits per heavy atom. The molecule has 0 unspecified atom stereocenters. The van der Waals surface area contributed by atoms with Crippen LogP contribution in [0.25, 0.3) is 0 Å². The number of rotatable bonds is 17. The van der Waals surface area contributed by atoms with Gasteiger partial charge in [-0.2, -0.15) is 0 Å². The molecule has 0 fully saturated rings. The molecule has 0 saturated heterocycles. The van der Waals surface area contributed by atoms with Gasteiger partial charge in [0.25, 0.3) is 0 Å². The molecule has 0 aliphatic rings. The molecule has 0 saturated carbocycles. The van der Waals surface area contributed by atoms with E-state index < -0.39 is 19.7 Å². The standard InChI is InChI=1S/C32H34O10S2/c1-2-40-26-5-13-30(14-6-26)44(36,37)32-17-9-28(10-18-32)42-24-22-39-20-19-38-21-23-41-27-7-15-31(16-8-27)43(34,35)29-11-3-25(33)4-12-29/h3-18,33H,2,19-24H2,1H3. The summed E-state index contributed by atoms with van der Waals surface area (Å²) in [6.45, 7) is 4.27. The lowest BCUT2D eigenvalue weighted by molar-refractivity contribution is 0.0273. The molecule has 4 aromatic carbocycles. The average molecular weight is 643 g/mol. The summed E-state index contributed by atoms with van der Waals surface area (Å²) in [6, 6.07) is 24.0. The molecule has 0 spiro atoms. The van der Waals surface area contributed by atoms with E-state index >= 15 is 0 Å². The van der Waals surface area contributed by atoms with Gasteiger partial charge in [-0.3, -0.25) is 0 Å². The van der Waals surface area contributed by atoms with E-state index in [1.165, 1.54) is 60.7 Å². The lowest BCUT2D eigenvalue weighted by Gasteiger charge is -2.10. The fraction of sp³-hybridized carbons (Fsp3) is 0.250. The Balaban J connectivity index is 1.08. The lowest BCUT2D eigenvalue weighted by atomic mass is 10.3. The number of aromatic hydroxyl groups is 1. The number of hydrogen-bond acceptors (Lipinski definition) is 10. The van der Waals surface area contributed by atoms with Crippen molar-refractivity contribution in [2.24, 2.45) is 0 Å². The summed E-state index contributed by atoms with van der Waals surface area (Å²) in [5.74, 6) is 1.64. The molecule has 1 N–H and O–H groups in total. The van der Waals surface area contributed by atoms with E-state index in [-0.39, 0.29) is 38.5 Å². The Hall–Kier alpha value is -4.10. The first kappa shape index (κ1) is 32.8. The molecule has 0 bridgehead atoms. The van der Waals surface area contributed by atoms with Crippen molar-refractivity contribution >= 4 is 19.7 Å². The SMILES string of the molecule is CCOc1ccc(S(=O)(=O)c2ccc(OCCOCCOCCOc3ccc(S(=O)(=O)c4ccc(O)cc4)cc3)cc2)cc1. The third kappa shape index (κ3) is 8.96. The predicted octanol–water partition coefficient (Wildman–Crippen LogP) is 4.95. The van der Waals surface area contributed by atoms with E-state index in [4.69, 9.17) is 23.7 Å². The van der Waals surface area contributed by atoms with Crippen molar-refractivity contribution in [3.63, 3.8) is 0 Å². The van der Waals surface area contributed by atoms with Crippen molar-refractivity contribution in [1.29, 1.82) is 0 Å². The molecule has 44 heavy (non-hydrogen) atoms. The zero-order valence-electron chi connectivity index (χ0n) is 24.1. The highest BCUT2D eigenvalue weighted by Crippen LogP contribution is 2.26. The topological polar surface area (TPSA) is 135 Å². The van der Waals surface area contributed by atoms with Crippen LogP contribution in [-0.2, 0) is 29.1 Å². The lowest BCUT2D eigenvalue weighted by Crippen LogP contribution is -2.13. The first-order chi connectivity index (χ1) is 21.2. The predicted molar refractivity (Wildman–Crippen MR) is 162 cm³/mol. The van der Waals surface area contributed by atoms with Crippen LogP contribution in [0, 0.1) is 0 Å². The highest BCUT2D eigenvalue weighted by atomic mass is 32.2. The van der Waals surface area contributed by atoms with Crippen LogP contribution in [0.15, 0.2) is 117 Å². The van der Waals surface area contributed by atoms with E-state index in [1.54, 1.807) is 36.4 Å². The van der Waals surface area contributed by atoms with Gasteiger partial charge < -0.3 is 28.8 Å². The van der Waals surface area contributed by atoms with E-state index in [0.717, 1.165) is 0 Å². The van der Waals surface area contributed by atoms with Gasteiger partial charge in [0.05, 0.1) is 52.6 Å². The average Bonchev–Trinajstić information content (AvgIpc) is 3.03. The minimum Gasteiger partial charge on any atom is -0.508 e. The van der Waals surface area contributed by atoms with Crippen LogP contribution in [0.2, 0.25) is 0 Å². The fourth-order valence-corrected chi connectivity index (χ4v) is 6.49. The molecule has 0 aromatic heterocycles. The van der Waals surface area contributed by atoms with Crippen LogP contribution < -0.4 is 14.2 Å². The van der Waals surface area contributed by atoms with E-state index in [1.807, 2.05) is 6.92 Å². The number of benzene rings is 4. The molecule has 0 aliphatic heterocycles. The molecule has 4 rings (SSSR count). The maximum absolute atomic E-state index is 12.9. The minimum atomic E-state index is -3.69. The molecule has 4 aromatic rings. The van der Waals surface area contributed by atoms with Crippen LogP contribution in [0.3, 0.4) is 0 Å². The Morgan fingerprint density at radius 2 is 0.750 bits per heavy atom. The zero-order valence-corrected chi connectivity index (χ0v) is 25.8. The maximum Gasteiger partial charge on any atom is 0.206 e. The second-order valence-electron chi connectivity index (χ2n) is 9.27. The highest BCUT2D eigenvalue weighted by Gasteiger charge is 2.18. The van der Waals surface area contributed by atoms with Gasteiger partial charge in [0.1, 0.15) is 36.2 Å². The van der Waals surface area contributed by atoms with Gasteiger partial charge in [0.15, 0.2) is 0 Å². The molecule has 0 aliphatic carbocycles. The first-order valence-corrected chi connectivity index (χ1v) is 16.8. The van der Waals surface area contributed by atoms with E-state index in [9.17, 15) is 21.9 Å². The van der Waals surface area contributed by atoms with E-state index in [2.05, 4.69) is 0 Å². The molecule has 234 valence electrons. The molecule has 10 nitrogen and oxygen atoms in total. The summed E-state index contributed by atoms with van der Waals surface area (Å²) >= 11 is 0. The van der Waals surface area contributed by atoms with Crippen molar-refractivity contribution in [2.75, 3.05) is 46.2 Å². The number of phenolic OH excluding ortho intramolecular Hbond substituents is 1. The zero-order chi connectivity index (χ0) is 31.4. The molecule has 0 amide bonds. The monoisotopic (exact) mass is 642 g/mol. The fourth-order valence-electron chi connectivity index (χ4n) is 3.97. The smallest absolute Gasteiger partial charge is 0.206 e. The quantitative estimate of drug-likeness (QED) is 0.158. The Labute approximate surface area is 257 Å². The van der Waals surface area contributed by atoms with E-state index in [0.29, 0.717) is 50.3 Å². The van der Waals surface area contributed by atoms with Gasteiger partial charge in [-0.15, -0.1) is 0 Å². The van der Waals surface area contributed by atoms with Gasteiger partial charge in [0.2, 0.25) is 19.7 Å². The molecular formula is C32H34O10S2. The second-order valence-corrected chi connectivity index (χ2v) is 13.2. The van der Waals surface area contributed by atoms with Gasteiger partial charge in [0, 0.05) is 0 Å². The Kier molecular flexibility index (Phi) is 11.6.